The van der Waals surface area contributed by atoms with Gasteiger partial charge in [-0.05, 0) is 52.2 Å². The summed E-state index contributed by atoms with van der Waals surface area (Å²) in [6, 6.07) is 8.57. The highest BCUT2D eigenvalue weighted by Gasteiger charge is 2.22. The van der Waals surface area contributed by atoms with Gasteiger partial charge >= 0.3 is 0 Å². The third-order valence-corrected chi connectivity index (χ3v) is 5.19. The van der Waals surface area contributed by atoms with E-state index in [4.69, 9.17) is 17.5 Å². The molecule has 2 unspecified atom stereocenters. The van der Waals surface area contributed by atoms with Gasteiger partial charge in [0.2, 0.25) is 0 Å². The van der Waals surface area contributed by atoms with E-state index in [0.717, 1.165) is 11.8 Å². The van der Waals surface area contributed by atoms with Gasteiger partial charge in [-0.1, -0.05) is 0 Å². The minimum Gasteiger partial charge on any atom is -0.759 e. The smallest absolute Gasteiger partial charge is 0.170 e. The summed E-state index contributed by atoms with van der Waals surface area (Å²) in [6.07, 6.45) is 10.8. The van der Waals surface area contributed by atoms with Crippen LogP contribution < -0.4 is 9.97 Å². The summed E-state index contributed by atoms with van der Waals surface area (Å²) in [6.45, 7) is 4.88. The standard InChI is InChI=1S/2C10H14N2.H2O4S/c2*1-12-6-4-10(8-12)9-3-2-5-11-7-9;1-5(2,3)4/h2*2-3,5,7,10H,4,6,8H2,1H3;(H2,1,2,3,4). The monoisotopic (exact) mass is 422 g/mol. The van der Waals surface area contributed by atoms with Crippen LogP contribution in [0.4, 0.5) is 0 Å². The molecule has 2 atom stereocenters. The zero-order valence-corrected chi connectivity index (χ0v) is 17.8. The zero-order valence-electron chi connectivity index (χ0n) is 17.0. The molecule has 2 aromatic heterocycles. The van der Waals surface area contributed by atoms with Crippen molar-refractivity contribution in [1.82, 2.24) is 9.80 Å². The molecular weight excluding hydrogens is 392 g/mol. The third-order valence-electron chi connectivity index (χ3n) is 5.19. The lowest BCUT2D eigenvalue weighted by atomic mass is 10.0. The molecule has 2 aliphatic rings. The van der Waals surface area contributed by atoms with E-state index in [0.29, 0.717) is 0 Å². The van der Waals surface area contributed by atoms with Crippen molar-refractivity contribution in [3.05, 3.63) is 60.2 Å². The van der Waals surface area contributed by atoms with E-state index in [-0.39, 0.29) is 0 Å². The van der Waals surface area contributed by atoms with E-state index in [1.54, 1.807) is 0 Å². The van der Waals surface area contributed by atoms with E-state index in [1.165, 1.54) is 50.1 Å². The highest BCUT2D eigenvalue weighted by atomic mass is 32.3. The molecule has 9 heteroatoms. The van der Waals surface area contributed by atoms with Gasteiger partial charge in [0.15, 0.2) is 24.8 Å². The number of hydrogen-bond acceptors (Lipinski definition) is 6. The van der Waals surface area contributed by atoms with E-state index >= 15 is 0 Å². The van der Waals surface area contributed by atoms with Crippen LogP contribution in [-0.4, -0.2) is 67.6 Å². The van der Waals surface area contributed by atoms with Crippen LogP contribution in [0, 0.1) is 0 Å². The van der Waals surface area contributed by atoms with Gasteiger partial charge in [0.05, 0.1) is 0 Å². The predicted molar refractivity (Wildman–Crippen MR) is 106 cm³/mol. The molecule has 0 radical (unpaired) electrons. The molecule has 2 aromatic rings. The molecular formula is C20H30N4O4S. The first-order chi connectivity index (χ1) is 13.7. The van der Waals surface area contributed by atoms with E-state index in [9.17, 15) is 0 Å². The summed E-state index contributed by atoms with van der Waals surface area (Å²) in [7, 11) is -0.792. The normalized spacial score (nSPS) is 22.3. The Bertz CT molecular complexity index is 757. The van der Waals surface area contributed by atoms with E-state index < -0.39 is 10.4 Å². The maximum Gasteiger partial charge on any atom is 0.170 e. The SMILES string of the molecule is CN1CCC(c2ccc[nH+]c2)C1.CN1CCC(c2ccc[nH+]c2)C1.O=S(=O)([O-])[O-]. The number of aromatic amines is 2. The highest BCUT2D eigenvalue weighted by molar-refractivity contribution is 7.79. The maximum absolute atomic E-state index is 8.52. The Hall–Kier alpha value is -1.91. The molecule has 4 rings (SSSR count). The fourth-order valence-electron chi connectivity index (χ4n) is 3.74. The molecule has 0 amide bonds. The second kappa shape index (κ2) is 11.3. The Morgan fingerprint density at radius 2 is 1.24 bits per heavy atom. The summed E-state index contributed by atoms with van der Waals surface area (Å²) < 4.78 is 34.1. The molecule has 2 fully saturated rings. The van der Waals surface area contributed by atoms with Crippen molar-refractivity contribution in [3.63, 3.8) is 0 Å². The average Bonchev–Trinajstić information content (AvgIpc) is 3.31. The summed E-state index contributed by atoms with van der Waals surface area (Å²) >= 11 is 0. The number of nitrogens with zero attached hydrogens (tertiary/aromatic N) is 2. The van der Waals surface area contributed by atoms with Crippen molar-refractivity contribution in [2.75, 3.05) is 40.3 Å². The zero-order chi connectivity index (χ0) is 21.3. The maximum atomic E-state index is 8.52. The molecule has 0 aromatic carbocycles. The van der Waals surface area contributed by atoms with Crippen molar-refractivity contribution < 1.29 is 27.5 Å². The van der Waals surface area contributed by atoms with E-state index in [2.05, 4.69) is 70.5 Å². The van der Waals surface area contributed by atoms with Crippen LogP contribution in [0.5, 0.6) is 0 Å². The second-order valence-electron chi connectivity index (χ2n) is 7.58. The van der Waals surface area contributed by atoms with Gasteiger partial charge < -0.3 is 18.9 Å². The number of nitrogens with one attached hydrogen (secondary N) is 2. The molecule has 0 bridgehead atoms. The quantitative estimate of drug-likeness (QED) is 0.514. The van der Waals surface area contributed by atoms with Crippen LogP contribution in [0.2, 0.25) is 0 Å². The highest BCUT2D eigenvalue weighted by Crippen LogP contribution is 2.25. The van der Waals surface area contributed by atoms with Crippen LogP contribution in [0.25, 0.3) is 0 Å². The number of likely N-dealkylation sites (tertiary alicyclic amines) is 2. The first kappa shape index (κ1) is 23.4. The summed E-state index contributed by atoms with van der Waals surface area (Å²) in [4.78, 5) is 11.0. The molecule has 0 spiro atoms. The number of rotatable bonds is 2. The Labute approximate surface area is 173 Å². The van der Waals surface area contributed by atoms with Gasteiger partial charge in [0.1, 0.15) is 0 Å². The molecule has 4 heterocycles. The van der Waals surface area contributed by atoms with Crippen LogP contribution in [0.15, 0.2) is 49.1 Å². The first-order valence-corrected chi connectivity index (χ1v) is 11.0. The van der Waals surface area contributed by atoms with Gasteiger partial charge in [-0.3, -0.25) is 8.42 Å². The molecule has 29 heavy (non-hydrogen) atoms. The number of likely N-dealkylation sites (N-methyl/N-ethyl adjacent to an activating group) is 2. The van der Waals surface area contributed by atoms with Gasteiger partial charge in [-0.2, -0.15) is 0 Å². The van der Waals surface area contributed by atoms with Gasteiger partial charge in [0, 0.05) is 58.6 Å². The van der Waals surface area contributed by atoms with Crippen molar-refractivity contribution >= 4 is 10.4 Å². The topological polar surface area (TPSA) is 115 Å². The first-order valence-electron chi connectivity index (χ1n) is 9.68. The lowest BCUT2D eigenvalue weighted by molar-refractivity contribution is -0.379. The Morgan fingerprint density at radius 1 is 0.862 bits per heavy atom. The number of hydrogen-bond donors (Lipinski definition) is 0. The lowest BCUT2D eigenvalue weighted by Crippen LogP contribution is -2.14. The van der Waals surface area contributed by atoms with E-state index in [1.807, 2.05) is 12.4 Å². The number of H-pyrrole nitrogens is 2. The summed E-state index contributed by atoms with van der Waals surface area (Å²) in [5.41, 5.74) is 2.89. The van der Waals surface area contributed by atoms with Gasteiger partial charge in [-0.15, -0.1) is 0 Å². The minimum atomic E-state index is -5.17. The predicted octanol–water partition coefficient (Wildman–Crippen LogP) is 0.502. The molecule has 2 aliphatic heterocycles. The summed E-state index contributed by atoms with van der Waals surface area (Å²) in [5, 5.41) is 0. The summed E-state index contributed by atoms with van der Waals surface area (Å²) in [5.74, 6) is 1.49. The fraction of sp³-hybridized carbons (Fsp3) is 0.500. The second-order valence-corrected chi connectivity index (χ2v) is 8.39. The molecule has 160 valence electrons. The number of pyridine rings is 2. The van der Waals surface area contributed by atoms with Crippen LogP contribution in [-0.2, 0) is 10.4 Å². The van der Waals surface area contributed by atoms with Crippen molar-refractivity contribution in [2.45, 2.75) is 24.7 Å². The molecule has 0 aliphatic carbocycles. The van der Waals surface area contributed by atoms with Crippen molar-refractivity contribution in [2.24, 2.45) is 0 Å². The average molecular weight is 423 g/mol. The van der Waals surface area contributed by atoms with Gasteiger partial charge in [-0.25, -0.2) is 9.97 Å². The minimum absolute atomic E-state index is 0.743. The molecule has 8 nitrogen and oxygen atoms in total. The molecule has 2 saturated heterocycles. The largest absolute Gasteiger partial charge is 0.759 e. The Morgan fingerprint density at radius 3 is 1.48 bits per heavy atom. The Kier molecular flexibility index (Phi) is 9.12. The number of aromatic nitrogens is 2. The Balaban J connectivity index is 0.000000170. The third kappa shape index (κ3) is 9.42. The van der Waals surface area contributed by atoms with Crippen LogP contribution in [0.3, 0.4) is 0 Å². The van der Waals surface area contributed by atoms with Crippen molar-refractivity contribution in [3.8, 4) is 0 Å². The fourth-order valence-corrected chi connectivity index (χ4v) is 3.74. The lowest BCUT2D eigenvalue weighted by Gasteiger charge is -2.07. The van der Waals surface area contributed by atoms with Crippen LogP contribution >= 0.6 is 0 Å². The molecule has 0 saturated carbocycles. The van der Waals surface area contributed by atoms with Crippen LogP contribution in [0.1, 0.15) is 35.8 Å². The van der Waals surface area contributed by atoms with Crippen molar-refractivity contribution in [1.29, 1.82) is 0 Å². The molecule has 2 N–H and O–H groups in total. The van der Waals surface area contributed by atoms with Gasteiger partial charge in [0.25, 0.3) is 0 Å².